The molecule has 3 aliphatic heterocycles. The molecule has 4 heterocycles. The highest BCUT2D eigenvalue weighted by molar-refractivity contribution is 7.89. The zero-order chi connectivity index (χ0) is 14.9. The lowest BCUT2D eigenvalue weighted by Gasteiger charge is -2.44. The number of aromatic nitrogens is 1. The summed E-state index contributed by atoms with van der Waals surface area (Å²) in [5, 5.41) is 3.08. The van der Waals surface area contributed by atoms with E-state index in [0.717, 1.165) is 32.5 Å². The summed E-state index contributed by atoms with van der Waals surface area (Å²) in [4.78, 5) is 6.54. The van der Waals surface area contributed by atoms with Crippen molar-refractivity contribution in [2.75, 3.05) is 31.5 Å². The molecule has 116 valence electrons. The van der Waals surface area contributed by atoms with Crippen molar-refractivity contribution in [2.45, 2.75) is 30.7 Å². The molecule has 0 aliphatic carbocycles. The van der Waals surface area contributed by atoms with Crippen LogP contribution in [0.3, 0.4) is 0 Å². The van der Waals surface area contributed by atoms with E-state index < -0.39 is 10.0 Å². The molecule has 2 bridgehead atoms. The van der Waals surface area contributed by atoms with Crippen molar-refractivity contribution in [1.82, 2.24) is 14.6 Å². The predicted octanol–water partition coefficient (Wildman–Crippen LogP) is 0.886. The maximum atomic E-state index is 12.7. The maximum Gasteiger partial charge on any atom is 0.244 e. The second-order valence-electron chi connectivity index (χ2n) is 5.77. The predicted molar refractivity (Wildman–Crippen MR) is 81.7 cm³/mol. The first kappa shape index (κ1) is 14.7. The number of sulfonamides is 1. The molecule has 0 aromatic carbocycles. The number of nitrogens with zero attached hydrogens (tertiary/aromatic N) is 2. The first-order chi connectivity index (χ1) is 10.1. The maximum absolute atomic E-state index is 12.7. The Kier molecular flexibility index (Phi) is 4.14. The van der Waals surface area contributed by atoms with Crippen molar-refractivity contribution in [3.8, 4) is 0 Å². The summed E-state index contributed by atoms with van der Waals surface area (Å²) >= 11 is 0. The van der Waals surface area contributed by atoms with E-state index in [-0.39, 0.29) is 10.9 Å². The number of rotatable bonds is 5. The van der Waals surface area contributed by atoms with E-state index >= 15 is 0 Å². The summed E-state index contributed by atoms with van der Waals surface area (Å²) in [5.41, 5.74) is 0.612. The third-order valence-corrected chi connectivity index (χ3v) is 5.92. The number of nitrogens with one attached hydrogen (secondary N) is 2. The summed E-state index contributed by atoms with van der Waals surface area (Å²) in [5.74, 6) is 0.462. The minimum absolute atomic E-state index is 0.0205. The first-order valence-electron chi connectivity index (χ1n) is 7.52. The number of hydrogen-bond donors (Lipinski definition) is 2. The van der Waals surface area contributed by atoms with Gasteiger partial charge in [0.15, 0.2) is 0 Å². The van der Waals surface area contributed by atoms with Crippen LogP contribution in [0.2, 0.25) is 0 Å². The van der Waals surface area contributed by atoms with E-state index in [4.69, 9.17) is 0 Å². The van der Waals surface area contributed by atoms with Crippen LogP contribution in [0.25, 0.3) is 0 Å². The molecule has 1 atom stereocenters. The van der Waals surface area contributed by atoms with E-state index in [1.54, 1.807) is 12.3 Å². The first-order valence-corrected chi connectivity index (χ1v) is 9.01. The molecule has 7 heteroatoms. The van der Waals surface area contributed by atoms with E-state index in [1.165, 1.54) is 6.20 Å². The van der Waals surface area contributed by atoms with Gasteiger partial charge < -0.3 is 10.2 Å². The van der Waals surface area contributed by atoms with Gasteiger partial charge in [0.2, 0.25) is 10.0 Å². The summed E-state index contributed by atoms with van der Waals surface area (Å²) in [7, 11) is -3.54. The van der Waals surface area contributed by atoms with Gasteiger partial charge in [-0.3, -0.25) is 4.98 Å². The molecule has 1 unspecified atom stereocenters. The number of hydrogen-bond acceptors (Lipinski definition) is 5. The lowest BCUT2D eigenvalue weighted by Crippen LogP contribution is -2.57. The van der Waals surface area contributed by atoms with Gasteiger partial charge in [0, 0.05) is 31.5 Å². The van der Waals surface area contributed by atoms with E-state index in [0.29, 0.717) is 18.2 Å². The molecule has 6 nitrogen and oxygen atoms in total. The number of pyridine rings is 1. The van der Waals surface area contributed by atoms with Crippen molar-refractivity contribution < 1.29 is 8.42 Å². The van der Waals surface area contributed by atoms with Gasteiger partial charge in [-0.1, -0.05) is 0 Å². The number of piperidine rings is 3. The third kappa shape index (κ3) is 3.04. The van der Waals surface area contributed by atoms with Crippen molar-refractivity contribution in [2.24, 2.45) is 5.92 Å². The fraction of sp³-hybridized carbons (Fsp3) is 0.643. The Hall–Kier alpha value is -1.18. The number of fused-ring (bicyclic) bond motifs is 3. The van der Waals surface area contributed by atoms with Crippen molar-refractivity contribution >= 4 is 15.7 Å². The van der Waals surface area contributed by atoms with Gasteiger partial charge >= 0.3 is 0 Å². The Bertz CT molecular complexity index is 597. The van der Waals surface area contributed by atoms with Gasteiger partial charge in [-0.05, 0) is 44.8 Å². The Morgan fingerprint density at radius 3 is 2.76 bits per heavy atom. The largest absolute Gasteiger partial charge is 0.384 e. The second-order valence-corrected chi connectivity index (χ2v) is 7.45. The van der Waals surface area contributed by atoms with Crippen LogP contribution in [-0.2, 0) is 10.0 Å². The van der Waals surface area contributed by atoms with Gasteiger partial charge in [0.1, 0.15) is 4.90 Å². The molecule has 1 aromatic heterocycles. The highest BCUT2D eigenvalue weighted by atomic mass is 32.2. The van der Waals surface area contributed by atoms with Crippen LogP contribution in [0.5, 0.6) is 0 Å². The highest BCUT2D eigenvalue weighted by Gasteiger charge is 2.36. The zero-order valence-electron chi connectivity index (χ0n) is 12.2. The molecule has 0 amide bonds. The number of anilines is 1. The van der Waals surface area contributed by atoms with Crippen LogP contribution in [0.15, 0.2) is 23.4 Å². The molecule has 3 fully saturated rings. The van der Waals surface area contributed by atoms with Crippen LogP contribution in [-0.4, -0.2) is 50.5 Å². The average Bonchev–Trinajstić information content (AvgIpc) is 2.49. The molecule has 0 saturated carbocycles. The second kappa shape index (κ2) is 5.90. The molecule has 21 heavy (non-hydrogen) atoms. The van der Waals surface area contributed by atoms with Crippen LogP contribution >= 0.6 is 0 Å². The smallest absolute Gasteiger partial charge is 0.244 e. The normalized spacial score (nSPS) is 28.5. The van der Waals surface area contributed by atoms with Gasteiger partial charge in [0.05, 0.1) is 5.69 Å². The Balaban J connectivity index is 1.81. The summed E-state index contributed by atoms with van der Waals surface area (Å²) in [6.45, 7) is 5.63. The van der Waals surface area contributed by atoms with Crippen molar-refractivity contribution in [3.05, 3.63) is 18.5 Å². The molecule has 0 spiro atoms. The SMILES string of the molecule is CCNc1ccncc1S(=O)(=O)NC1CN2CCC1CC2. The molecule has 3 aliphatic rings. The summed E-state index contributed by atoms with van der Waals surface area (Å²) in [6.07, 6.45) is 5.19. The van der Waals surface area contributed by atoms with Gasteiger partial charge in [-0.25, -0.2) is 13.1 Å². The topological polar surface area (TPSA) is 74.3 Å². The lowest BCUT2D eigenvalue weighted by atomic mass is 9.85. The lowest BCUT2D eigenvalue weighted by molar-refractivity contribution is 0.0827. The molecule has 2 N–H and O–H groups in total. The molecule has 1 aromatic rings. The standard InChI is InChI=1S/C14H22N4O2S/c1-2-16-12-3-6-15-9-14(12)21(19,20)17-13-10-18-7-4-11(13)5-8-18/h3,6,9,11,13,17H,2,4-5,7-8,10H2,1H3,(H,15,16). The Morgan fingerprint density at radius 2 is 2.14 bits per heavy atom. The summed E-state index contributed by atoms with van der Waals surface area (Å²) < 4.78 is 28.2. The molecule has 3 saturated heterocycles. The minimum Gasteiger partial charge on any atom is -0.384 e. The zero-order valence-corrected chi connectivity index (χ0v) is 13.1. The minimum atomic E-state index is -3.54. The van der Waals surface area contributed by atoms with E-state index in [2.05, 4.69) is 19.9 Å². The Morgan fingerprint density at radius 1 is 1.38 bits per heavy atom. The average molecular weight is 310 g/mol. The van der Waals surface area contributed by atoms with Crippen LogP contribution in [0.1, 0.15) is 19.8 Å². The molecule has 4 rings (SSSR count). The van der Waals surface area contributed by atoms with Crippen LogP contribution in [0.4, 0.5) is 5.69 Å². The summed E-state index contributed by atoms with van der Waals surface area (Å²) in [6, 6.07) is 1.72. The fourth-order valence-electron chi connectivity index (χ4n) is 3.29. The van der Waals surface area contributed by atoms with E-state index in [1.807, 2.05) is 6.92 Å². The Labute approximate surface area is 126 Å². The van der Waals surface area contributed by atoms with Gasteiger partial charge in [-0.2, -0.15) is 0 Å². The quantitative estimate of drug-likeness (QED) is 0.845. The molecular weight excluding hydrogens is 288 g/mol. The van der Waals surface area contributed by atoms with Gasteiger partial charge in [0.25, 0.3) is 0 Å². The van der Waals surface area contributed by atoms with Gasteiger partial charge in [-0.15, -0.1) is 0 Å². The highest BCUT2D eigenvalue weighted by Crippen LogP contribution is 2.29. The van der Waals surface area contributed by atoms with Crippen molar-refractivity contribution in [1.29, 1.82) is 0 Å². The monoisotopic (exact) mass is 310 g/mol. The van der Waals surface area contributed by atoms with Crippen molar-refractivity contribution in [3.63, 3.8) is 0 Å². The van der Waals surface area contributed by atoms with E-state index in [9.17, 15) is 8.42 Å². The van der Waals surface area contributed by atoms with Crippen LogP contribution < -0.4 is 10.0 Å². The molecule has 0 radical (unpaired) electrons. The fourth-order valence-corrected chi connectivity index (χ4v) is 4.71. The molecular formula is C14H22N4O2S. The van der Waals surface area contributed by atoms with Crippen LogP contribution in [0, 0.1) is 5.92 Å². The third-order valence-electron chi connectivity index (χ3n) is 4.40.